The van der Waals surface area contributed by atoms with Gasteiger partial charge in [-0.3, -0.25) is 4.98 Å². The minimum atomic E-state index is 0.331. The van der Waals surface area contributed by atoms with Gasteiger partial charge in [-0.1, -0.05) is 20.8 Å². The zero-order valence-corrected chi connectivity index (χ0v) is 15.6. The average molecular weight is 347 g/mol. The Bertz CT molecular complexity index is 961. The molecule has 0 amide bonds. The Morgan fingerprint density at radius 3 is 2.62 bits per heavy atom. The Morgan fingerprint density at radius 2 is 1.92 bits per heavy atom. The normalized spacial score (nSPS) is 29.3. The van der Waals surface area contributed by atoms with Crippen molar-refractivity contribution in [3.05, 3.63) is 42.9 Å². The zero-order chi connectivity index (χ0) is 17.9. The standard InChI is InChI=1S/C21H25N5/c1-20(2)15-6-9-21(20,3)17(12-15)24-18-4-5-19-23-13-16(26(19)25-18)14-7-10-22-11-8-14/h4-5,7-8,10-11,13,15,17H,6,9,12H2,1-3H3,(H,24,25). The minimum Gasteiger partial charge on any atom is -0.365 e. The summed E-state index contributed by atoms with van der Waals surface area (Å²) in [6.45, 7) is 7.34. The molecule has 2 fully saturated rings. The Balaban J connectivity index is 1.49. The van der Waals surface area contributed by atoms with Crippen molar-refractivity contribution in [2.75, 3.05) is 5.32 Å². The lowest BCUT2D eigenvalue weighted by Gasteiger charge is -2.39. The van der Waals surface area contributed by atoms with Crippen molar-refractivity contribution < 1.29 is 0 Å². The highest BCUT2D eigenvalue weighted by molar-refractivity contribution is 5.63. The van der Waals surface area contributed by atoms with E-state index < -0.39 is 0 Å². The number of rotatable bonds is 3. The van der Waals surface area contributed by atoms with Crippen molar-refractivity contribution in [1.82, 2.24) is 19.6 Å². The van der Waals surface area contributed by atoms with Crippen molar-refractivity contribution in [3.8, 4) is 11.3 Å². The topological polar surface area (TPSA) is 55.1 Å². The molecule has 3 aromatic rings. The summed E-state index contributed by atoms with van der Waals surface area (Å²) in [5, 5.41) is 8.62. The highest BCUT2D eigenvalue weighted by Crippen LogP contribution is 2.65. The SMILES string of the molecule is CC1(C)C2CCC1(C)C(Nc1ccc3ncc(-c4ccncc4)n3n1)C2. The number of pyridine rings is 1. The van der Waals surface area contributed by atoms with Crippen molar-refractivity contribution in [2.24, 2.45) is 16.7 Å². The summed E-state index contributed by atoms with van der Waals surface area (Å²) in [5.74, 6) is 1.75. The maximum absolute atomic E-state index is 4.86. The van der Waals surface area contributed by atoms with E-state index in [-0.39, 0.29) is 0 Å². The predicted octanol–water partition coefficient (Wildman–Crippen LogP) is 4.42. The maximum Gasteiger partial charge on any atom is 0.154 e. The lowest BCUT2D eigenvalue weighted by molar-refractivity contribution is 0.142. The fourth-order valence-electron chi connectivity index (χ4n) is 5.27. The van der Waals surface area contributed by atoms with Gasteiger partial charge in [0.2, 0.25) is 0 Å². The fraction of sp³-hybridized carbons (Fsp3) is 0.476. The molecular formula is C21H25N5. The third kappa shape index (κ3) is 2.06. The van der Waals surface area contributed by atoms with Crippen LogP contribution in [0.3, 0.4) is 0 Å². The molecule has 0 saturated heterocycles. The maximum atomic E-state index is 4.86. The van der Waals surface area contributed by atoms with E-state index in [0.717, 1.165) is 28.6 Å². The number of aromatic nitrogens is 4. The first-order valence-corrected chi connectivity index (χ1v) is 9.51. The smallest absolute Gasteiger partial charge is 0.154 e. The van der Waals surface area contributed by atoms with E-state index in [4.69, 9.17) is 5.10 Å². The molecule has 134 valence electrons. The number of nitrogens with zero attached hydrogens (tertiary/aromatic N) is 4. The van der Waals surface area contributed by atoms with Gasteiger partial charge in [0.05, 0.1) is 11.9 Å². The van der Waals surface area contributed by atoms with E-state index in [0.29, 0.717) is 16.9 Å². The van der Waals surface area contributed by atoms with Gasteiger partial charge in [0.15, 0.2) is 5.65 Å². The highest BCUT2D eigenvalue weighted by Gasteiger charge is 2.61. The molecule has 0 spiro atoms. The zero-order valence-electron chi connectivity index (χ0n) is 15.6. The van der Waals surface area contributed by atoms with E-state index >= 15 is 0 Å². The van der Waals surface area contributed by atoms with Crippen molar-refractivity contribution in [1.29, 1.82) is 0 Å². The second kappa shape index (κ2) is 5.29. The molecule has 0 aliphatic heterocycles. The van der Waals surface area contributed by atoms with Gasteiger partial charge < -0.3 is 5.32 Å². The number of hydrogen-bond acceptors (Lipinski definition) is 4. The van der Waals surface area contributed by atoms with Crippen LogP contribution in [0.2, 0.25) is 0 Å². The number of nitrogens with one attached hydrogen (secondary N) is 1. The molecule has 3 aromatic heterocycles. The van der Waals surface area contributed by atoms with Crippen LogP contribution >= 0.6 is 0 Å². The third-order valence-corrected chi connectivity index (χ3v) is 7.45. The summed E-state index contributed by atoms with van der Waals surface area (Å²) in [6, 6.07) is 8.56. The van der Waals surface area contributed by atoms with Crippen LogP contribution < -0.4 is 5.32 Å². The van der Waals surface area contributed by atoms with Crippen LogP contribution in [0.5, 0.6) is 0 Å². The number of anilines is 1. The summed E-state index contributed by atoms with van der Waals surface area (Å²) >= 11 is 0. The second-order valence-corrected chi connectivity index (χ2v) is 8.68. The molecule has 0 radical (unpaired) electrons. The van der Waals surface area contributed by atoms with Crippen LogP contribution in [0.4, 0.5) is 5.82 Å². The van der Waals surface area contributed by atoms with Gasteiger partial charge in [-0.15, -0.1) is 5.10 Å². The quantitative estimate of drug-likeness (QED) is 0.762. The number of hydrogen-bond donors (Lipinski definition) is 1. The lowest BCUT2D eigenvalue weighted by Crippen LogP contribution is -2.40. The lowest BCUT2D eigenvalue weighted by atomic mass is 9.69. The summed E-state index contributed by atoms with van der Waals surface area (Å²) in [5.41, 5.74) is 3.65. The van der Waals surface area contributed by atoms with Gasteiger partial charge in [-0.05, 0) is 60.3 Å². The molecule has 5 heteroatoms. The third-order valence-electron chi connectivity index (χ3n) is 7.45. The number of imidazole rings is 1. The van der Waals surface area contributed by atoms with Crippen LogP contribution in [0.15, 0.2) is 42.9 Å². The monoisotopic (exact) mass is 347 g/mol. The van der Waals surface area contributed by atoms with Gasteiger partial charge in [-0.25, -0.2) is 9.50 Å². The van der Waals surface area contributed by atoms with E-state index in [9.17, 15) is 0 Å². The van der Waals surface area contributed by atoms with E-state index in [1.54, 1.807) is 12.4 Å². The van der Waals surface area contributed by atoms with Gasteiger partial charge in [0, 0.05) is 24.0 Å². The first-order chi connectivity index (χ1) is 12.5. The van der Waals surface area contributed by atoms with E-state index in [1.807, 2.05) is 28.9 Å². The molecule has 3 heterocycles. The summed E-state index contributed by atoms with van der Waals surface area (Å²) in [4.78, 5) is 8.60. The van der Waals surface area contributed by atoms with E-state index in [1.165, 1.54) is 19.3 Å². The molecular weight excluding hydrogens is 322 g/mol. The molecule has 3 unspecified atom stereocenters. The molecule has 2 aliphatic carbocycles. The molecule has 2 saturated carbocycles. The van der Waals surface area contributed by atoms with Crippen LogP contribution in [-0.4, -0.2) is 25.6 Å². The largest absolute Gasteiger partial charge is 0.365 e. The van der Waals surface area contributed by atoms with E-state index in [2.05, 4.69) is 42.1 Å². The average Bonchev–Trinajstić information content (AvgIpc) is 3.21. The van der Waals surface area contributed by atoms with Crippen molar-refractivity contribution in [3.63, 3.8) is 0 Å². The van der Waals surface area contributed by atoms with Gasteiger partial charge in [0.1, 0.15) is 5.82 Å². The fourth-order valence-corrected chi connectivity index (χ4v) is 5.27. The van der Waals surface area contributed by atoms with Gasteiger partial charge in [-0.2, -0.15) is 0 Å². The first kappa shape index (κ1) is 15.8. The molecule has 3 atom stereocenters. The molecule has 5 nitrogen and oxygen atoms in total. The van der Waals surface area contributed by atoms with Crippen LogP contribution in [-0.2, 0) is 0 Å². The van der Waals surface area contributed by atoms with Crippen molar-refractivity contribution in [2.45, 2.75) is 46.1 Å². The summed E-state index contributed by atoms with van der Waals surface area (Å²) < 4.78 is 1.93. The Labute approximate surface area is 153 Å². The predicted molar refractivity (Wildman–Crippen MR) is 103 cm³/mol. The molecule has 1 N–H and O–H groups in total. The molecule has 0 aromatic carbocycles. The Hall–Kier alpha value is -2.43. The van der Waals surface area contributed by atoms with Crippen LogP contribution in [0.25, 0.3) is 16.9 Å². The first-order valence-electron chi connectivity index (χ1n) is 9.51. The highest BCUT2D eigenvalue weighted by atomic mass is 15.3. The van der Waals surface area contributed by atoms with Crippen LogP contribution in [0, 0.1) is 16.7 Å². The molecule has 26 heavy (non-hydrogen) atoms. The second-order valence-electron chi connectivity index (χ2n) is 8.68. The minimum absolute atomic E-state index is 0.331. The molecule has 2 bridgehead atoms. The summed E-state index contributed by atoms with van der Waals surface area (Å²) in [6.07, 6.45) is 9.39. The number of fused-ring (bicyclic) bond motifs is 3. The van der Waals surface area contributed by atoms with Crippen molar-refractivity contribution >= 4 is 11.5 Å². The molecule has 2 aliphatic rings. The Kier molecular flexibility index (Phi) is 3.21. The van der Waals surface area contributed by atoms with Gasteiger partial charge >= 0.3 is 0 Å². The Morgan fingerprint density at radius 1 is 1.12 bits per heavy atom. The molecule has 5 rings (SSSR count). The summed E-state index contributed by atoms with van der Waals surface area (Å²) in [7, 11) is 0. The van der Waals surface area contributed by atoms with Crippen LogP contribution in [0.1, 0.15) is 40.0 Å². The van der Waals surface area contributed by atoms with Gasteiger partial charge in [0.25, 0.3) is 0 Å².